The van der Waals surface area contributed by atoms with Crippen molar-refractivity contribution in [3.63, 3.8) is 0 Å². The summed E-state index contributed by atoms with van der Waals surface area (Å²) in [7, 11) is 3.93. The monoisotopic (exact) mass is 200 g/mol. The standard InChI is InChI=1S/C11H24N2O/c1-13(8-9-14-2)10-11-6-4-3-5-7-12-11/h11-12H,3-10H2,1-2H3. The zero-order valence-electron chi connectivity index (χ0n) is 9.59. The summed E-state index contributed by atoms with van der Waals surface area (Å²) in [6, 6.07) is 0.694. The summed E-state index contributed by atoms with van der Waals surface area (Å²) >= 11 is 0. The SMILES string of the molecule is COCCN(C)CC1CCCCCN1. The molecule has 1 aliphatic heterocycles. The lowest BCUT2D eigenvalue weighted by molar-refractivity contribution is 0.155. The maximum atomic E-state index is 5.06. The van der Waals surface area contributed by atoms with Gasteiger partial charge in [0.25, 0.3) is 0 Å². The van der Waals surface area contributed by atoms with Gasteiger partial charge in [0.15, 0.2) is 0 Å². The van der Waals surface area contributed by atoms with Crippen molar-refractivity contribution >= 4 is 0 Å². The maximum absolute atomic E-state index is 5.06. The van der Waals surface area contributed by atoms with Gasteiger partial charge in [0.1, 0.15) is 0 Å². The molecule has 0 aromatic carbocycles. The molecular formula is C11H24N2O. The fraction of sp³-hybridized carbons (Fsp3) is 1.00. The Morgan fingerprint density at radius 2 is 2.21 bits per heavy atom. The van der Waals surface area contributed by atoms with Crippen molar-refractivity contribution in [2.75, 3.05) is 40.4 Å². The number of likely N-dealkylation sites (N-methyl/N-ethyl adjacent to an activating group) is 1. The highest BCUT2D eigenvalue weighted by Crippen LogP contribution is 2.08. The summed E-state index contributed by atoms with van der Waals surface area (Å²) in [5.41, 5.74) is 0. The van der Waals surface area contributed by atoms with E-state index < -0.39 is 0 Å². The summed E-state index contributed by atoms with van der Waals surface area (Å²) in [4.78, 5) is 2.35. The Morgan fingerprint density at radius 3 is 3.00 bits per heavy atom. The van der Waals surface area contributed by atoms with Gasteiger partial charge in [-0.25, -0.2) is 0 Å². The van der Waals surface area contributed by atoms with Gasteiger partial charge in [-0.1, -0.05) is 12.8 Å². The fourth-order valence-electron chi connectivity index (χ4n) is 1.97. The lowest BCUT2D eigenvalue weighted by Gasteiger charge is -2.23. The van der Waals surface area contributed by atoms with E-state index >= 15 is 0 Å². The first-order valence-electron chi connectivity index (χ1n) is 5.74. The van der Waals surface area contributed by atoms with Crippen molar-refractivity contribution in [1.29, 1.82) is 0 Å². The van der Waals surface area contributed by atoms with E-state index in [4.69, 9.17) is 4.74 Å². The number of hydrogen-bond donors (Lipinski definition) is 1. The fourth-order valence-corrected chi connectivity index (χ4v) is 1.97. The van der Waals surface area contributed by atoms with Crippen LogP contribution in [0.4, 0.5) is 0 Å². The van der Waals surface area contributed by atoms with Gasteiger partial charge in [0.2, 0.25) is 0 Å². The van der Waals surface area contributed by atoms with E-state index in [-0.39, 0.29) is 0 Å². The van der Waals surface area contributed by atoms with Crippen molar-refractivity contribution in [2.24, 2.45) is 0 Å². The highest BCUT2D eigenvalue weighted by atomic mass is 16.5. The molecule has 0 aromatic heterocycles. The smallest absolute Gasteiger partial charge is 0.0589 e. The Bertz CT molecular complexity index is 133. The van der Waals surface area contributed by atoms with Gasteiger partial charge in [-0.2, -0.15) is 0 Å². The zero-order chi connectivity index (χ0) is 10.2. The van der Waals surface area contributed by atoms with E-state index in [9.17, 15) is 0 Å². The van der Waals surface area contributed by atoms with Crippen molar-refractivity contribution in [2.45, 2.75) is 31.7 Å². The number of nitrogens with one attached hydrogen (secondary N) is 1. The first-order chi connectivity index (χ1) is 6.83. The molecule has 0 amide bonds. The van der Waals surface area contributed by atoms with Crippen LogP contribution in [0.2, 0.25) is 0 Å². The van der Waals surface area contributed by atoms with Crippen LogP contribution in [0.25, 0.3) is 0 Å². The van der Waals surface area contributed by atoms with Gasteiger partial charge in [-0.05, 0) is 26.4 Å². The third-order valence-corrected chi connectivity index (χ3v) is 2.87. The Morgan fingerprint density at radius 1 is 1.36 bits per heavy atom. The average Bonchev–Trinajstić information content (AvgIpc) is 2.43. The molecule has 1 heterocycles. The third-order valence-electron chi connectivity index (χ3n) is 2.87. The lowest BCUT2D eigenvalue weighted by atomic mass is 10.1. The van der Waals surface area contributed by atoms with E-state index in [0.717, 1.165) is 19.7 Å². The van der Waals surface area contributed by atoms with Gasteiger partial charge in [-0.15, -0.1) is 0 Å². The first kappa shape index (κ1) is 12.0. The van der Waals surface area contributed by atoms with Gasteiger partial charge in [-0.3, -0.25) is 0 Å². The maximum Gasteiger partial charge on any atom is 0.0589 e. The molecule has 3 nitrogen and oxygen atoms in total. The van der Waals surface area contributed by atoms with Crippen LogP contribution < -0.4 is 5.32 Å². The minimum Gasteiger partial charge on any atom is -0.383 e. The minimum absolute atomic E-state index is 0.694. The molecular weight excluding hydrogens is 176 g/mol. The van der Waals surface area contributed by atoms with Crippen molar-refractivity contribution in [3.8, 4) is 0 Å². The van der Waals surface area contributed by atoms with Gasteiger partial charge < -0.3 is 15.0 Å². The van der Waals surface area contributed by atoms with Crippen molar-refractivity contribution < 1.29 is 4.74 Å². The topological polar surface area (TPSA) is 24.5 Å². The first-order valence-corrected chi connectivity index (χ1v) is 5.74. The quantitative estimate of drug-likeness (QED) is 0.719. The van der Waals surface area contributed by atoms with Crippen LogP contribution in [0.1, 0.15) is 25.7 Å². The molecule has 1 saturated heterocycles. The molecule has 0 aromatic rings. The summed E-state index contributed by atoms with van der Waals surface area (Å²) in [5.74, 6) is 0. The molecule has 3 heteroatoms. The molecule has 0 spiro atoms. The number of ether oxygens (including phenoxy) is 1. The van der Waals surface area contributed by atoms with Crippen LogP contribution in [0.3, 0.4) is 0 Å². The molecule has 0 aliphatic carbocycles. The van der Waals surface area contributed by atoms with Crippen LogP contribution in [0, 0.1) is 0 Å². The van der Waals surface area contributed by atoms with Crippen LogP contribution >= 0.6 is 0 Å². The number of methoxy groups -OCH3 is 1. The summed E-state index contributed by atoms with van der Waals surface area (Å²) in [5, 5.41) is 3.61. The van der Waals surface area contributed by atoms with E-state index in [2.05, 4.69) is 17.3 Å². The highest BCUT2D eigenvalue weighted by Gasteiger charge is 2.12. The van der Waals surface area contributed by atoms with Crippen LogP contribution in [0.15, 0.2) is 0 Å². The second-order valence-corrected chi connectivity index (χ2v) is 4.26. The highest BCUT2D eigenvalue weighted by molar-refractivity contribution is 4.73. The molecule has 1 rings (SSSR count). The van der Waals surface area contributed by atoms with Crippen LogP contribution in [-0.2, 0) is 4.74 Å². The van der Waals surface area contributed by atoms with Gasteiger partial charge in [0, 0.05) is 26.2 Å². The number of hydrogen-bond acceptors (Lipinski definition) is 3. The van der Waals surface area contributed by atoms with E-state index in [1.54, 1.807) is 7.11 Å². The summed E-state index contributed by atoms with van der Waals surface area (Å²) in [6.45, 7) is 4.23. The Balaban J connectivity index is 2.13. The second-order valence-electron chi connectivity index (χ2n) is 4.26. The Labute approximate surface area is 87.8 Å². The zero-order valence-corrected chi connectivity index (χ0v) is 9.59. The molecule has 1 N–H and O–H groups in total. The molecule has 1 fully saturated rings. The van der Waals surface area contributed by atoms with E-state index in [0.29, 0.717) is 6.04 Å². The molecule has 84 valence electrons. The van der Waals surface area contributed by atoms with Crippen LogP contribution in [-0.4, -0.2) is 51.3 Å². The summed E-state index contributed by atoms with van der Waals surface area (Å²) in [6.07, 6.45) is 5.46. The molecule has 14 heavy (non-hydrogen) atoms. The molecule has 1 aliphatic rings. The number of rotatable bonds is 5. The van der Waals surface area contributed by atoms with E-state index in [1.165, 1.54) is 32.2 Å². The molecule has 0 bridgehead atoms. The minimum atomic E-state index is 0.694. The molecule has 0 saturated carbocycles. The normalized spacial score (nSPS) is 23.8. The molecule has 1 atom stereocenters. The Kier molecular flexibility index (Phi) is 6.15. The van der Waals surface area contributed by atoms with Crippen LogP contribution in [0.5, 0.6) is 0 Å². The predicted octanol–water partition coefficient (Wildman–Crippen LogP) is 1.10. The van der Waals surface area contributed by atoms with Gasteiger partial charge in [0.05, 0.1) is 6.61 Å². The lowest BCUT2D eigenvalue weighted by Crippen LogP contribution is -2.40. The molecule has 1 unspecified atom stereocenters. The largest absolute Gasteiger partial charge is 0.383 e. The predicted molar refractivity (Wildman–Crippen MR) is 59.6 cm³/mol. The Hall–Kier alpha value is -0.120. The summed E-state index contributed by atoms with van der Waals surface area (Å²) < 4.78 is 5.06. The average molecular weight is 200 g/mol. The third kappa shape index (κ3) is 4.94. The van der Waals surface area contributed by atoms with Crippen molar-refractivity contribution in [3.05, 3.63) is 0 Å². The molecule has 0 radical (unpaired) electrons. The van der Waals surface area contributed by atoms with E-state index in [1.807, 2.05) is 0 Å². The second kappa shape index (κ2) is 7.21. The van der Waals surface area contributed by atoms with Crippen molar-refractivity contribution in [1.82, 2.24) is 10.2 Å². The number of nitrogens with zero attached hydrogens (tertiary/aromatic N) is 1. The van der Waals surface area contributed by atoms with Gasteiger partial charge >= 0.3 is 0 Å².